The van der Waals surface area contributed by atoms with E-state index in [1.807, 2.05) is 0 Å². The Hall–Kier alpha value is -3.06. The molecule has 8 heteroatoms. The molecule has 130 valence electrons. The Morgan fingerprint density at radius 2 is 1.72 bits per heavy atom. The summed E-state index contributed by atoms with van der Waals surface area (Å²) in [6.07, 6.45) is 1.59. The first-order valence-corrected chi connectivity index (χ1v) is 7.10. The average molecular weight is 362 g/mol. The lowest BCUT2D eigenvalue weighted by molar-refractivity contribution is 0.102. The van der Waals surface area contributed by atoms with E-state index in [1.165, 1.54) is 24.3 Å². The van der Waals surface area contributed by atoms with Crippen LogP contribution in [0.1, 0.15) is 10.4 Å². The molecular formula is C17H16ClN3O4. The normalized spacial score (nSPS) is 10.0. The molecule has 0 bridgehead atoms. The number of phenolic OH excluding ortho intramolecular Hbond substituents is 1. The summed E-state index contributed by atoms with van der Waals surface area (Å²) in [5.74, 6) is 1.02. The molecule has 7 nitrogen and oxygen atoms in total. The number of anilines is 1. The third-order valence-corrected chi connectivity index (χ3v) is 3.44. The van der Waals surface area contributed by atoms with Gasteiger partial charge in [-0.05, 0) is 30.3 Å². The fourth-order valence-corrected chi connectivity index (χ4v) is 2.20. The molecule has 0 aliphatic rings. The van der Waals surface area contributed by atoms with Crippen LogP contribution in [-0.4, -0.2) is 35.2 Å². The monoisotopic (exact) mass is 361 g/mol. The first-order valence-electron chi connectivity index (χ1n) is 7.10. The molecule has 0 aliphatic carbocycles. The van der Waals surface area contributed by atoms with E-state index >= 15 is 0 Å². The van der Waals surface area contributed by atoms with Crippen LogP contribution in [0.15, 0.2) is 42.6 Å². The average Bonchev–Trinajstić information content (AvgIpc) is 2.60. The van der Waals surface area contributed by atoms with Gasteiger partial charge in [-0.1, -0.05) is 0 Å². The van der Waals surface area contributed by atoms with Gasteiger partial charge >= 0.3 is 0 Å². The third kappa shape index (κ3) is 3.89. The van der Waals surface area contributed by atoms with E-state index in [-0.39, 0.29) is 30.0 Å². The Labute approximate surface area is 150 Å². The van der Waals surface area contributed by atoms with Gasteiger partial charge in [0.15, 0.2) is 11.5 Å². The molecule has 0 saturated carbocycles. The van der Waals surface area contributed by atoms with Crippen LogP contribution in [-0.2, 0) is 0 Å². The first kappa shape index (κ1) is 18.3. The molecule has 1 amide bonds. The number of fused-ring (bicyclic) bond motifs is 1. The van der Waals surface area contributed by atoms with Gasteiger partial charge in [0.25, 0.3) is 5.91 Å². The second-order valence-corrected chi connectivity index (χ2v) is 4.96. The minimum absolute atomic E-state index is 0. The largest absolute Gasteiger partial charge is 0.508 e. The molecule has 1 heterocycles. The summed E-state index contributed by atoms with van der Waals surface area (Å²) in [5, 5.41) is 12.6. The Balaban J connectivity index is 0.00000225. The van der Waals surface area contributed by atoms with E-state index in [4.69, 9.17) is 9.47 Å². The Kier molecular flexibility index (Phi) is 5.61. The fraction of sp³-hybridized carbons (Fsp3) is 0.118. The van der Waals surface area contributed by atoms with Gasteiger partial charge < -0.3 is 14.6 Å². The first-order chi connectivity index (χ1) is 11.6. The zero-order valence-corrected chi connectivity index (χ0v) is 14.3. The molecule has 0 spiro atoms. The summed E-state index contributed by atoms with van der Waals surface area (Å²) in [4.78, 5) is 20.6. The second kappa shape index (κ2) is 7.67. The lowest BCUT2D eigenvalue weighted by Gasteiger charge is -2.09. The number of benzene rings is 2. The Morgan fingerprint density at radius 1 is 1.08 bits per heavy atom. The number of nitrogens with one attached hydrogen (secondary N) is 1. The number of rotatable bonds is 4. The maximum Gasteiger partial charge on any atom is 0.258 e. The zero-order valence-electron chi connectivity index (χ0n) is 13.5. The van der Waals surface area contributed by atoms with Crippen molar-refractivity contribution in [2.45, 2.75) is 0 Å². The Bertz CT molecular complexity index is 900. The molecule has 3 rings (SSSR count). The molecule has 0 radical (unpaired) electrons. The number of nitrogens with zero attached hydrogens (tertiary/aromatic N) is 2. The molecule has 2 N–H and O–H groups in total. The summed E-state index contributed by atoms with van der Waals surface area (Å²) in [6.45, 7) is 0. The minimum Gasteiger partial charge on any atom is -0.508 e. The quantitative estimate of drug-likeness (QED) is 0.741. The van der Waals surface area contributed by atoms with Crippen LogP contribution in [0.4, 0.5) is 5.95 Å². The molecule has 0 atom stereocenters. The maximum absolute atomic E-state index is 12.2. The smallest absolute Gasteiger partial charge is 0.258 e. The number of aromatic nitrogens is 2. The van der Waals surface area contributed by atoms with Crippen molar-refractivity contribution in [3.8, 4) is 17.2 Å². The summed E-state index contributed by atoms with van der Waals surface area (Å²) in [7, 11) is 3.09. The number of phenols is 1. The van der Waals surface area contributed by atoms with Crippen molar-refractivity contribution in [3.63, 3.8) is 0 Å². The summed E-state index contributed by atoms with van der Waals surface area (Å²) in [5.41, 5.74) is 1.01. The highest BCUT2D eigenvalue weighted by Crippen LogP contribution is 2.31. The number of hydrogen-bond acceptors (Lipinski definition) is 6. The zero-order chi connectivity index (χ0) is 17.1. The maximum atomic E-state index is 12.2. The van der Waals surface area contributed by atoms with Crippen LogP contribution < -0.4 is 14.8 Å². The van der Waals surface area contributed by atoms with Crippen molar-refractivity contribution in [3.05, 3.63) is 48.2 Å². The van der Waals surface area contributed by atoms with Gasteiger partial charge in [-0.15, -0.1) is 12.4 Å². The molecule has 0 fully saturated rings. The van der Waals surface area contributed by atoms with Crippen LogP contribution >= 0.6 is 12.4 Å². The number of halogens is 1. The lowest BCUT2D eigenvalue weighted by Crippen LogP contribution is -2.14. The van der Waals surface area contributed by atoms with Gasteiger partial charge in [-0.2, -0.15) is 0 Å². The third-order valence-electron chi connectivity index (χ3n) is 3.44. The van der Waals surface area contributed by atoms with Gasteiger partial charge in [0, 0.05) is 23.2 Å². The number of amides is 1. The molecule has 0 unspecified atom stereocenters. The minimum atomic E-state index is -0.366. The van der Waals surface area contributed by atoms with Crippen molar-refractivity contribution < 1.29 is 19.4 Å². The summed E-state index contributed by atoms with van der Waals surface area (Å²) in [6, 6.07) is 9.38. The molecule has 0 saturated heterocycles. The number of ether oxygens (including phenoxy) is 2. The van der Waals surface area contributed by atoms with Crippen molar-refractivity contribution >= 4 is 35.2 Å². The molecule has 25 heavy (non-hydrogen) atoms. The van der Waals surface area contributed by atoms with E-state index in [9.17, 15) is 9.90 Å². The number of methoxy groups -OCH3 is 2. The number of aromatic hydroxyl groups is 1. The summed E-state index contributed by atoms with van der Waals surface area (Å²) < 4.78 is 10.5. The predicted octanol–water partition coefficient (Wildman–Crippen LogP) is 3.03. The van der Waals surface area contributed by atoms with Gasteiger partial charge in [0.05, 0.1) is 19.7 Å². The van der Waals surface area contributed by atoms with E-state index in [2.05, 4.69) is 15.3 Å². The summed E-state index contributed by atoms with van der Waals surface area (Å²) >= 11 is 0. The predicted molar refractivity (Wildman–Crippen MR) is 96.0 cm³/mol. The highest BCUT2D eigenvalue weighted by molar-refractivity contribution is 6.03. The van der Waals surface area contributed by atoms with Crippen LogP contribution in [0, 0.1) is 0 Å². The van der Waals surface area contributed by atoms with Crippen LogP contribution in [0.25, 0.3) is 10.9 Å². The van der Waals surface area contributed by atoms with Crippen molar-refractivity contribution in [2.24, 2.45) is 0 Å². The van der Waals surface area contributed by atoms with Crippen molar-refractivity contribution in [2.75, 3.05) is 19.5 Å². The molecular weight excluding hydrogens is 346 g/mol. The molecule has 0 aliphatic heterocycles. The fourth-order valence-electron chi connectivity index (χ4n) is 2.20. The van der Waals surface area contributed by atoms with Gasteiger partial charge in [0.1, 0.15) is 5.75 Å². The number of hydrogen-bond donors (Lipinski definition) is 2. The number of carbonyl (C=O) groups is 1. The lowest BCUT2D eigenvalue weighted by atomic mass is 10.2. The van der Waals surface area contributed by atoms with Gasteiger partial charge in [-0.3, -0.25) is 10.1 Å². The van der Waals surface area contributed by atoms with Crippen LogP contribution in [0.5, 0.6) is 17.2 Å². The molecule has 3 aromatic rings. The number of carbonyl (C=O) groups excluding carboxylic acids is 1. The van der Waals surface area contributed by atoms with Gasteiger partial charge in [-0.25, -0.2) is 9.97 Å². The van der Waals surface area contributed by atoms with Crippen molar-refractivity contribution in [1.29, 1.82) is 0 Å². The van der Waals surface area contributed by atoms with Gasteiger partial charge in [0.2, 0.25) is 5.95 Å². The highest BCUT2D eigenvalue weighted by Gasteiger charge is 2.11. The van der Waals surface area contributed by atoms with E-state index in [0.717, 1.165) is 5.39 Å². The molecule has 1 aromatic heterocycles. The van der Waals surface area contributed by atoms with E-state index in [0.29, 0.717) is 22.6 Å². The van der Waals surface area contributed by atoms with Crippen molar-refractivity contribution in [1.82, 2.24) is 9.97 Å². The molecule has 2 aromatic carbocycles. The Morgan fingerprint density at radius 3 is 2.36 bits per heavy atom. The van der Waals surface area contributed by atoms with Crippen LogP contribution in [0.3, 0.4) is 0 Å². The van der Waals surface area contributed by atoms with E-state index in [1.54, 1.807) is 32.5 Å². The van der Waals surface area contributed by atoms with E-state index < -0.39 is 0 Å². The topological polar surface area (TPSA) is 93.6 Å². The standard InChI is InChI=1S/C17H15N3O4.ClH/c1-23-14-7-11-9-18-17(19-13(11)8-15(14)24-2)20-16(22)10-3-5-12(21)6-4-10;/h3-9,21H,1-2H3,(H,18,19,20,22);1H. The SMILES string of the molecule is COc1cc2cnc(NC(=O)c3ccc(O)cc3)nc2cc1OC.Cl. The van der Waals surface area contributed by atoms with Crippen LogP contribution in [0.2, 0.25) is 0 Å². The highest BCUT2D eigenvalue weighted by atomic mass is 35.5. The second-order valence-electron chi connectivity index (χ2n) is 4.96.